The highest BCUT2D eigenvalue weighted by molar-refractivity contribution is 5.82. The molecule has 3 atom stereocenters. The maximum absolute atomic E-state index is 15.2. The van der Waals surface area contributed by atoms with Gasteiger partial charge >= 0.3 is 5.76 Å². The first-order valence-corrected chi connectivity index (χ1v) is 13.5. The van der Waals surface area contributed by atoms with E-state index >= 15 is 4.39 Å². The van der Waals surface area contributed by atoms with Gasteiger partial charge in [0.05, 0.1) is 30.9 Å². The number of carbonyl (C=O) groups is 1. The number of rotatable bonds is 12. The SMILES string of the molecule is COCCN(C)CCn1c(=O)oc2ccc(-c3ccc(CC(C#N)NC(=O)C4CNCC(OC)CO4)c(F)c3)cc21. The predicted molar refractivity (Wildman–Crippen MR) is 150 cm³/mol. The molecule has 0 spiro atoms. The van der Waals surface area contributed by atoms with Gasteiger partial charge in [-0.1, -0.05) is 18.2 Å². The van der Waals surface area contributed by atoms with Crippen LogP contribution in [-0.4, -0.2) is 94.3 Å². The zero-order valence-electron chi connectivity index (χ0n) is 23.5. The maximum atomic E-state index is 15.2. The Morgan fingerprint density at radius 2 is 2.02 bits per heavy atom. The van der Waals surface area contributed by atoms with Crippen LogP contribution in [0.2, 0.25) is 0 Å². The number of aromatic nitrogens is 1. The van der Waals surface area contributed by atoms with Crippen LogP contribution in [0.4, 0.5) is 4.39 Å². The molecular weight excluding hydrogens is 533 g/mol. The van der Waals surface area contributed by atoms with E-state index in [2.05, 4.69) is 15.5 Å². The van der Waals surface area contributed by atoms with E-state index in [0.717, 1.165) is 6.54 Å². The molecular formula is C29H36FN5O6. The molecule has 3 unspecified atom stereocenters. The molecule has 4 rings (SSSR count). The van der Waals surface area contributed by atoms with Crippen LogP contribution in [0.5, 0.6) is 0 Å². The van der Waals surface area contributed by atoms with Crippen molar-refractivity contribution >= 4 is 17.0 Å². The van der Waals surface area contributed by atoms with E-state index < -0.39 is 29.6 Å². The van der Waals surface area contributed by atoms with Gasteiger partial charge in [0.2, 0.25) is 0 Å². The van der Waals surface area contributed by atoms with Crippen molar-refractivity contribution < 1.29 is 27.8 Å². The Morgan fingerprint density at radius 3 is 2.76 bits per heavy atom. The Morgan fingerprint density at radius 1 is 1.24 bits per heavy atom. The number of hydrogen-bond donors (Lipinski definition) is 2. The van der Waals surface area contributed by atoms with Gasteiger partial charge in [-0.2, -0.15) is 5.26 Å². The fourth-order valence-electron chi connectivity index (χ4n) is 4.63. The molecule has 12 heteroatoms. The lowest BCUT2D eigenvalue weighted by Gasteiger charge is -2.18. The quantitative estimate of drug-likeness (QED) is 0.333. The van der Waals surface area contributed by atoms with Crippen LogP contribution >= 0.6 is 0 Å². The number of ether oxygens (including phenoxy) is 3. The van der Waals surface area contributed by atoms with E-state index in [4.69, 9.17) is 18.6 Å². The van der Waals surface area contributed by atoms with Crippen molar-refractivity contribution in [3.8, 4) is 17.2 Å². The number of methoxy groups -OCH3 is 2. The van der Waals surface area contributed by atoms with Crippen molar-refractivity contribution in [2.24, 2.45) is 0 Å². The topological polar surface area (TPSA) is 131 Å². The number of oxazole rings is 1. The molecule has 2 aromatic carbocycles. The highest BCUT2D eigenvalue weighted by atomic mass is 19.1. The average Bonchev–Trinajstić information content (AvgIpc) is 3.11. The number of amides is 1. The molecule has 2 N–H and O–H groups in total. The molecule has 1 saturated heterocycles. The first kappa shape index (κ1) is 30.4. The summed E-state index contributed by atoms with van der Waals surface area (Å²) in [5.41, 5.74) is 2.68. The Hall–Kier alpha value is -3.60. The number of benzene rings is 2. The molecule has 0 bridgehead atoms. The molecule has 1 aliphatic heterocycles. The number of halogens is 1. The number of fused-ring (bicyclic) bond motifs is 1. The van der Waals surface area contributed by atoms with Gasteiger partial charge in [0.15, 0.2) is 5.58 Å². The van der Waals surface area contributed by atoms with Gasteiger partial charge < -0.3 is 34.2 Å². The van der Waals surface area contributed by atoms with Crippen molar-refractivity contribution in [1.82, 2.24) is 20.1 Å². The van der Waals surface area contributed by atoms with E-state index in [-0.39, 0.29) is 25.7 Å². The highest BCUT2D eigenvalue weighted by Crippen LogP contribution is 2.26. The molecule has 220 valence electrons. The van der Waals surface area contributed by atoms with Crippen LogP contribution in [0.25, 0.3) is 22.2 Å². The Bertz CT molecular complexity index is 1430. The first-order valence-electron chi connectivity index (χ1n) is 13.5. The number of likely N-dealkylation sites (N-methyl/N-ethyl adjacent to an activating group) is 1. The maximum Gasteiger partial charge on any atom is 0.419 e. The van der Waals surface area contributed by atoms with E-state index in [0.29, 0.717) is 54.0 Å². The molecule has 0 radical (unpaired) electrons. The smallest absolute Gasteiger partial charge is 0.408 e. The standard InChI is InChI=1S/C29H36FN5O6/c1-34(10-11-38-2)8-9-35-25-14-20(6-7-26(25)41-29(35)37)19-4-5-21(24(30)13-19)12-22(15-31)33-28(36)27-17-32-16-23(39-3)18-40-27/h4-7,13-14,22-23,27,32H,8-12,16-18H2,1-3H3,(H,33,36). The van der Waals surface area contributed by atoms with E-state index in [1.807, 2.05) is 13.1 Å². The number of nitrogens with one attached hydrogen (secondary N) is 2. The van der Waals surface area contributed by atoms with Crippen molar-refractivity contribution in [3.63, 3.8) is 0 Å². The molecule has 2 heterocycles. The molecule has 3 aromatic rings. The van der Waals surface area contributed by atoms with Crippen molar-refractivity contribution in [2.75, 3.05) is 60.7 Å². The van der Waals surface area contributed by atoms with Gasteiger partial charge in [-0.3, -0.25) is 9.36 Å². The molecule has 11 nitrogen and oxygen atoms in total. The number of carbonyl (C=O) groups excluding carboxylic acids is 1. The van der Waals surface area contributed by atoms with Crippen molar-refractivity contribution in [1.29, 1.82) is 5.26 Å². The normalized spacial score (nSPS) is 18.2. The van der Waals surface area contributed by atoms with Crippen molar-refractivity contribution in [2.45, 2.75) is 31.2 Å². The van der Waals surface area contributed by atoms with Gasteiger partial charge in [-0.15, -0.1) is 0 Å². The summed E-state index contributed by atoms with van der Waals surface area (Å²) in [4.78, 5) is 27.2. The fraction of sp³-hybridized carbons (Fsp3) is 0.483. The van der Waals surface area contributed by atoms with E-state index in [1.165, 1.54) is 6.07 Å². The minimum absolute atomic E-state index is 0.00784. The second-order valence-corrected chi connectivity index (χ2v) is 10.0. The Labute approximate surface area is 237 Å². The summed E-state index contributed by atoms with van der Waals surface area (Å²) in [6.45, 7) is 3.46. The second-order valence-electron chi connectivity index (χ2n) is 10.0. The van der Waals surface area contributed by atoms with Gasteiger partial charge in [-0.05, 0) is 41.9 Å². The molecule has 1 aromatic heterocycles. The predicted octanol–water partition coefficient (Wildman–Crippen LogP) is 1.53. The van der Waals surface area contributed by atoms with Gasteiger partial charge in [0, 0.05) is 53.4 Å². The summed E-state index contributed by atoms with van der Waals surface area (Å²) in [5.74, 6) is -1.40. The molecule has 1 fully saturated rings. The summed E-state index contributed by atoms with van der Waals surface area (Å²) in [6, 6.07) is 11.1. The number of hydrogen-bond acceptors (Lipinski definition) is 9. The number of nitriles is 1. The molecule has 1 amide bonds. The van der Waals surface area contributed by atoms with E-state index in [1.54, 1.807) is 49.1 Å². The summed E-state index contributed by atoms with van der Waals surface area (Å²) in [7, 11) is 5.16. The number of nitrogens with zero attached hydrogens (tertiary/aromatic N) is 3. The van der Waals surface area contributed by atoms with Crippen LogP contribution in [0.1, 0.15) is 5.56 Å². The van der Waals surface area contributed by atoms with Crippen LogP contribution in [0.15, 0.2) is 45.6 Å². The highest BCUT2D eigenvalue weighted by Gasteiger charge is 2.26. The third kappa shape index (κ3) is 7.78. The fourth-order valence-corrected chi connectivity index (χ4v) is 4.63. The van der Waals surface area contributed by atoms with Crippen LogP contribution in [0, 0.1) is 17.1 Å². The average molecular weight is 570 g/mol. The largest absolute Gasteiger partial charge is 0.419 e. The minimum atomic E-state index is -0.938. The zero-order chi connectivity index (χ0) is 29.4. The van der Waals surface area contributed by atoms with Crippen molar-refractivity contribution in [3.05, 3.63) is 58.3 Å². The molecule has 0 saturated carbocycles. The Kier molecular flexibility index (Phi) is 10.6. The minimum Gasteiger partial charge on any atom is -0.408 e. The Balaban J connectivity index is 1.44. The lowest BCUT2D eigenvalue weighted by molar-refractivity contribution is -0.133. The first-order chi connectivity index (χ1) is 19.8. The third-order valence-corrected chi connectivity index (χ3v) is 7.14. The van der Waals surface area contributed by atoms with Gasteiger partial charge in [-0.25, -0.2) is 9.18 Å². The summed E-state index contributed by atoms with van der Waals surface area (Å²) in [6.07, 6.45) is -0.951. The van der Waals surface area contributed by atoms with E-state index in [9.17, 15) is 14.9 Å². The van der Waals surface area contributed by atoms with Crippen LogP contribution < -0.4 is 16.4 Å². The third-order valence-electron chi connectivity index (χ3n) is 7.14. The molecule has 0 aliphatic carbocycles. The monoisotopic (exact) mass is 569 g/mol. The summed E-state index contributed by atoms with van der Waals surface area (Å²) in [5, 5.41) is 15.4. The second kappa shape index (κ2) is 14.3. The summed E-state index contributed by atoms with van der Waals surface area (Å²) < 4.78 is 38.1. The zero-order valence-corrected chi connectivity index (χ0v) is 23.5. The summed E-state index contributed by atoms with van der Waals surface area (Å²) >= 11 is 0. The van der Waals surface area contributed by atoms with Crippen LogP contribution in [0.3, 0.4) is 0 Å². The van der Waals surface area contributed by atoms with Gasteiger partial charge in [0.1, 0.15) is 18.0 Å². The lowest BCUT2D eigenvalue weighted by Crippen LogP contribution is -2.46. The molecule has 1 aliphatic rings. The van der Waals surface area contributed by atoms with Crippen LogP contribution in [-0.2, 0) is 32.0 Å². The molecule has 41 heavy (non-hydrogen) atoms. The lowest BCUT2D eigenvalue weighted by atomic mass is 10.00. The van der Waals surface area contributed by atoms with Gasteiger partial charge in [0.25, 0.3) is 5.91 Å².